The summed E-state index contributed by atoms with van der Waals surface area (Å²) in [5.41, 5.74) is 0. The van der Waals surface area contributed by atoms with Gasteiger partial charge in [0.25, 0.3) is 0 Å². The summed E-state index contributed by atoms with van der Waals surface area (Å²) in [4.78, 5) is 0. The van der Waals surface area contributed by atoms with Gasteiger partial charge in [-0.1, -0.05) is 0 Å². The average molecular weight is 279 g/mol. The molecule has 0 fully saturated rings. The molecule has 0 aromatic carbocycles. The van der Waals surface area contributed by atoms with Crippen LogP contribution in [0.5, 0.6) is 0 Å². The molecule has 0 saturated carbocycles. The van der Waals surface area contributed by atoms with Crippen LogP contribution in [0.3, 0.4) is 0 Å². The normalized spacial score (nSPS) is 3.00. The van der Waals surface area contributed by atoms with Crippen molar-refractivity contribution in [1.29, 1.82) is 0 Å². The molecule has 0 aliphatic rings. The zero-order valence-corrected chi connectivity index (χ0v) is 7.13. The summed E-state index contributed by atoms with van der Waals surface area (Å²) < 4.78 is 0. The summed E-state index contributed by atoms with van der Waals surface area (Å²) in [7, 11) is 8.75. The standard InChI is InChI=1S/P.2S.W. The second kappa shape index (κ2) is 8.82. The van der Waals surface area contributed by atoms with Gasteiger partial charge < -0.3 is 0 Å². The molecule has 0 heterocycles. The minimum atomic E-state index is -0.583. The van der Waals surface area contributed by atoms with Crippen LogP contribution in [0.4, 0.5) is 0 Å². The molecule has 0 N–H and O–H groups in total. The molecule has 23 valence electrons. The third-order valence-electron chi connectivity index (χ3n) is 0. The SMILES string of the molecule is [P].[S]=[W]=[S]. The van der Waals surface area contributed by atoms with Gasteiger partial charge in [0.1, 0.15) is 0 Å². The zero-order chi connectivity index (χ0) is 2.71. The molecule has 0 aromatic rings. The van der Waals surface area contributed by atoms with Crippen molar-refractivity contribution in [3.63, 3.8) is 0 Å². The molecule has 0 atom stereocenters. The van der Waals surface area contributed by atoms with Crippen molar-refractivity contribution in [2.45, 2.75) is 0 Å². The van der Waals surface area contributed by atoms with Crippen LogP contribution in [-0.4, -0.2) is 0 Å². The molecule has 0 nitrogen and oxygen atoms in total. The second-order valence-electron chi connectivity index (χ2n) is 0.0680. The first-order valence-electron chi connectivity index (χ1n) is 0.333. The minimum absolute atomic E-state index is 0. The Labute approximate surface area is 44.4 Å². The zero-order valence-electron chi connectivity index (χ0n) is 1.67. The summed E-state index contributed by atoms with van der Waals surface area (Å²) in [6, 6.07) is 0. The first kappa shape index (κ1) is 9.12. The van der Waals surface area contributed by atoms with E-state index in [0.29, 0.717) is 0 Å². The third-order valence-corrected chi connectivity index (χ3v) is 0. The van der Waals surface area contributed by atoms with Gasteiger partial charge in [0.15, 0.2) is 0 Å². The Bertz CT molecular complexity index is 27.0. The van der Waals surface area contributed by atoms with Gasteiger partial charge in [0.05, 0.1) is 0 Å². The van der Waals surface area contributed by atoms with Crippen molar-refractivity contribution in [1.82, 2.24) is 0 Å². The van der Waals surface area contributed by atoms with E-state index in [9.17, 15) is 0 Å². The van der Waals surface area contributed by atoms with Crippen LogP contribution in [0.2, 0.25) is 0 Å². The molecule has 4 heteroatoms. The van der Waals surface area contributed by atoms with Crippen molar-refractivity contribution >= 4 is 29.5 Å². The van der Waals surface area contributed by atoms with E-state index in [2.05, 4.69) is 19.6 Å². The Balaban J connectivity index is 0. The van der Waals surface area contributed by atoms with Gasteiger partial charge in [-0.3, -0.25) is 0 Å². The number of hydrogen-bond donors (Lipinski definition) is 0. The van der Waals surface area contributed by atoms with Crippen molar-refractivity contribution in [2.75, 3.05) is 0 Å². The van der Waals surface area contributed by atoms with E-state index in [0.717, 1.165) is 0 Å². The number of rotatable bonds is 0. The Kier molecular flexibility index (Phi) is 20.1. The maximum absolute atomic E-state index is 4.38. The van der Waals surface area contributed by atoms with Crippen molar-refractivity contribution in [3.05, 3.63) is 0 Å². The maximum atomic E-state index is 4.38. The molecule has 3 radical (unpaired) electrons. The quantitative estimate of drug-likeness (QED) is 0.623. The fourth-order valence-electron chi connectivity index (χ4n) is 0. The summed E-state index contributed by atoms with van der Waals surface area (Å²) in [6.45, 7) is 0. The van der Waals surface area contributed by atoms with Gasteiger partial charge in [-0.25, -0.2) is 0 Å². The predicted octanol–water partition coefficient (Wildman–Crippen LogP) is 2.16. The second-order valence-corrected chi connectivity index (χ2v) is 5.01. The Morgan fingerprint density at radius 2 is 1.25 bits per heavy atom. The Morgan fingerprint density at radius 1 is 1.25 bits per heavy atom. The van der Waals surface area contributed by atoms with Crippen LogP contribution < -0.4 is 0 Å². The van der Waals surface area contributed by atoms with Crippen LogP contribution >= 0.6 is 29.5 Å². The van der Waals surface area contributed by atoms with Crippen LogP contribution in [-0.2, 0) is 14.9 Å². The van der Waals surface area contributed by atoms with E-state index in [-0.39, 0.29) is 9.90 Å². The van der Waals surface area contributed by atoms with Crippen molar-refractivity contribution in [2.24, 2.45) is 0 Å². The van der Waals surface area contributed by atoms with Gasteiger partial charge in [0.2, 0.25) is 0 Å². The fourth-order valence-corrected chi connectivity index (χ4v) is 0. The van der Waals surface area contributed by atoms with Crippen molar-refractivity contribution in [3.8, 4) is 0 Å². The molecule has 0 rings (SSSR count). The molecule has 0 aliphatic carbocycles. The molecular formula is PS2W. The van der Waals surface area contributed by atoms with E-state index in [1.165, 1.54) is 0 Å². The Morgan fingerprint density at radius 3 is 1.25 bits per heavy atom. The molecule has 0 aliphatic heterocycles. The van der Waals surface area contributed by atoms with Gasteiger partial charge in [-0.15, -0.1) is 0 Å². The van der Waals surface area contributed by atoms with Crippen LogP contribution in [0.25, 0.3) is 0 Å². The number of hydrogen-bond acceptors (Lipinski definition) is 2. The molecule has 0 aromatic heterocycles. The van der Waals surface area contributed by atoms with Crippen LogP contribution in [0.1, 0.15) is 0 Å². The molecule has 0 saturated heterocycles. The molecule has 4 heavy (non-hydrogen) atoms. The van der Waals surface area contributed by atoms with Crippen LogP contribution in [0, 0.1) is 0 Å². The third kappa shape index (κ3) is 9.59. The molecule has 0 unspecified atom stereocenters. The van der Waals surface area contributed by atoms with E-state index in [4.69, 9.17) is 0 Å². The summed E-state index contributed by atoms with van der Waals surface area (Å²) >= 11 is -0.583. The van der Waals surface area contributed by atoms with Crippen LogP contribution in [0.15, 0.2) is 0 Å². The fraction of sp³-hybridized carbons (Fsp3) is 0. The topological polar surface area (TPSA) is 0 Å². The van der Waals surface area contributed by atoms with Gasteiger partial charge in [-0.05, 0) is 0 Å². The monoisotopic (exact) mass is 279 g/mol. The Hall–Kier alpha value is 1.56. The molecule has 0 spiro atoms. The van der Waals surface area contributed by atoms with Crippen molar-refractivity contribution < 1.29 is 14.9 Å². The summed E-state index contributed by atoms with van der Waals surface area (Å²) in [6.07, 6.45) is 0. The van der Waals surface area contributed by atoms with E-state index >= 15 is 0 Å². The van der Waals surface area contributed by atoms with E-state index in [1.807, 2.05) is 0 Å². The molecule has 0 amide bonds. The molecule has 0 bridgehead atoms. The predicted molar refractivity (Wildman–Crippen MR) is 22.1 cm³/mol. The average Bonchev–Trinajstić information content (AvgIpc) is 0.918. The van der Waals surface area contributed by atoms with Gasteiger partial charge >= 0.3 is 34.6 Å². The van der Waals surface area contributed by atoms with Gasteiger partial charge in [0, 0.05) is 9.90 Å². The van der Waals surface area contributed by atoms with E-state index in [1.54, 1.807) is 0 Å². The summed E-state index contributed by atoms with van der Waals surface area (Å²) in [5.74, 6) is 0. The first-order chi connectivity index (χ1) is 1.41. The van der Waals surface area contributed by atoms with E-state index < -0.39 is 14.9 Å². The summed E-state index contributed by atoms with van der Waals surface area (Å²) in [5, 5.41) is 0. The first-order valence-corrected chi connectivity index (χ1v) is 8.19. The van der Waals surface area contributed by atoms with Gasteiger partial charge in [-0.2, -0.15) is 0 Å². The molecular weight excluding hydrogens is 279 g/mol.